The fourth-order valence-electron chi connectivity index (χ4n) is 2.53. The highest BCUT2D eigenvalue weighted by atomic mass is 16.5. The SMILES string of the molecule is C[C@@H](CCN1CCOCC1)NC(=O)c1cccc(NCC(=O)O)c1. The van der Waals surface area contributed by atoms with Gasteiger partial charge in [-0.3, -0.25) is 14.5 Å². The van der Waals surface area contributed by atoms with Crippen LogP contribution in [0.4, 0.5) is 5.69 Å². The summed E-state index contributed by atoms with van der Waals surface area (Å²) in [5.41, 5.74) is 1.13. The summed E-state index contributed by atoms with van der Waals surface area (Å²) in [5, 5.41) is 14.4. The van der Waals surface area contributed by atoms with Crippen molar-refractivity contribution in [2.75, 3.05) is 44.7 Å². The minimum Gasteiger partial charge on any atom is -0.480 e. The molecule has 24 heavy (non-hydrogen) atoms. The number of amides is 1. The van der Waals surface area contributed by atoms with Crippen LogP contribution in [0.3, 0.4) is 0 Å². The highest BCUT2D eigenvalue weighted by Crippen LogP contribution is 2.11. The van der Waals surface area contributed by atoms with E-state index in [1.165, 1.54) is 0 Å². The van der Waals surface area contributed by atoms with Crippen molar-refractivity contribution >= 4 is 17.6 Å². The van der Waals surface area contributed by atoms with E-state index in [0.29, 0.717) is 11.3 Å². The fourth-order valence-corrected chi connectivity index (χ4v) is 2.53. The highest BCUT2D eigenvalue weighted by Gasteiger charge is 2.14. The van der Waals surface area contributed by atoms with Gasteiger partial charge in [-0.2, -0.15) is 0 Å². The number of aliphatic carboxylic acids is 1. The largest absolute Gasteiger partial charge is 0.480 e. The van der Waals surface area contributed by atoms with Crippen LogP contribution in [-0.2, 0) is 9.53 Å². The molecular formula is C17H25N3O4. The maximum absolute atomic E-state index is 12.3. The Morgan fingerprint density at radius 1 is 1.33 bits per heavy atom. The second kappa shape index (κ2) is 9.24. The summed E-state index contributed by atoms with van der Waals surface area (Å²) >= 11 is 0. The Morgan fingerprint density at radius 2 is 2.08 bits per heavy atom. The van der Waals surface area contributed by atoms with Gasteiger partial charge in [0.05, 0.1) is 13.2 Å². The van der Waals surface area contributed by atoms with Crippen LogP contribution in [-0.4, -0.2) is 67.3 Å². The molecule has 1 amide bonds. The van der Waals surface area contributed by atoms with Crippen molar-refractivity contribution < 1.29 is 19.4 Å². The number of benzene rings is 1. The highest BCUT2D eigenvalue weighted by molar-refractivity contribution is 5.95. The van der Waals surface area contributed by atoms with Crippen LogP contribution in [0.5, 0.6) is 0 Å². The van der Waals surface area contributed by atoms with Gasteiger partial charge >= 0.3 is 5.97 Å². The number of rotatable bonds is 8. The topological polar surface area (TPSA) is 90.9 Å². The van der Waals surface area contributed by atoms with Crippen LogP contribution in [0, 0.1) is 0 Å². The Bertz CT molecular complexity index is 559. The lowest BCUT2D eigenvalue weighted by Gasteiger charge is -2.27. The number of hydrogen-bond donors (Lipinski definition) is 3. The second-order valence-corrected chi connectivity index (χ2v) is 5.95. The molecule has 0 unspecified atom stereocenters. The predicted octanol–water partition coefficient (Wildman–Crippen LogP) is 1.02. The number of carboxylic acid groups (broad SMARTS) is 1. The number of hydrogen-bond acceptors (Lipinski definition) is 5. The normalized spacial score (nSPS) is 16.4. The summed E-state index contributed by atoms with van der Waals surface area (Å²) in [5.74, 6) is -1.09. The number of carbonyl (C=O) groups is 2. The van der Waals surface area contributed by atoms with E-state index in [4.69, 9.17) is 9.84 Å². The van der Waals surface area contributed by atoms with Gasteiger partial charge in [0, 0.05) is 36.9 Å². The molecule has 0 aliphatic carbocycles. The molecule has 0 radical (unpaired) electrons. The third-order valence-corrected chi connectivity index (χ3v) is 3.93. The smallest absolute Gasteiger partial charge is 0.322 e. The lowest BCUT2D eigenvalue weighted by atomic mass is 10.1. The monoisotopic (exact) mass is 335 g/mol. The molecule has 1 aliphatic heterocycles. The Labute approximate surface area is 142 Å². The first-order valence-electron chi connectivity index (χ1n) is 8.21. The van der Waals surface area contributed by atoms with Crippen LogP contribution in [0.15, 0.2) is 24.3 Å². The lowest BCUT2D eigenvalue weighted by molar-refractivity contribution is -0.134. The summed E-state index contributed by atoms with van der Waals surface area (Å²) in [4.78, 5) is 25.2. The van der Waals surface area contributed by atoms with E-state index in [2.05, 4.69) is 15.5 Å². The van der Waals surface area contributed by atoms with E-state index in [-0.39, 0.29) is 18.5 Å². The van der Waals surface area contributed by atoms with Gasteiger partial charge in [0.1, 0.15) is 6.54 Å². The van der Waals surface area contributed by atoms with Crippen molar-refractivity contribution in [2.45, 2.75) is 19.4 Å². The van der Waals surface area contributed by atoms with Crippen LogP contribution in [0.1, 0.15) is 23.7 Å². The second-order valence-electron chi connectivity index (χ2n) is 5.95. The number of anilines is 1. The lowest BCUT2D eigenvalue weighted by Crippen LogP contribution is -2.40. The molecule has 1 atom stereocenters. The summed E-state index contributed by atoms with van der Waals surface area (Å²) in [6, 6.07) is 6.91. The zero-order valence-electron chi connectivity index (χ0n) is 14.0. The third kappa shape index (κ3) is 6.17. The summed E-state index contributed by atoms with van der Waals surface area (Å²) in [6.07, 6.45) is 0.878. The molecule has 3 N–H and O–H groups in total. The van der Waals surface area contributed by atoms with E-state index in [1.807, 2.05) is 6.92 Å². The van der Waals surface area contributed by atoms with Gasteiger partial charge in [-0.15, -0.1) is 0 Å². The van der Waals surface area contributed by atoms with Crippen molar-refractivity contribution in [3.05, 3.63) is 29.8 Å². The molecule has 0 saturated carbocycles. The quantitative estimate of drug-likeness (QED) is 0.657. The minimum atomic E-state index is -0.943. The van der Waals surface area contributed by atoms with Crippen molar-refractivity contribution in [1.82, 2.24) is 10.2 Å². The number of nitrogens with one attached hydrogen (secondary N) is 2. The van der Waals surface area contributed by atoms with Crippen LogP contribution in [0.25, 0.3) is 0 Å². The van der Waals surface area contributed by atoms with Gasteiger partial charge < -0.3 is 20.5 Å². The van der Waals surface area contributed by atoms with Crippen LogP contribution >= 0.6 is 0 Å². The van der Waals surface area contributed by atoms with E-state index < -0.39 is 5.97 Å². The zero-order chi connectivity index (χ0) is 17.4. The minimum absolute atomic E-state index is 0.0657. The average molecular weight is 335 g/mol. The third-order valence-electron chi connectivity index (χ3n) is 3.93. The molecule has 7 heteroatoms. The van der Waals surface area contributed by atoms with Gasteiger partial charge in [-0.05, 0) is 31.5 Å². The standard InChI is InChI=1S/C17H25N3O4/c1-13(5-6-20-7-9-24-10-8-20)19-17(23)14-3-2-4-15(11-14)18-12-16(21)22/h2-4,11,13,18H,5-10,12H2,1H3,(H,19,23)(H,21,22)/t13-/m0/s1. The first-order valence-corrected chi connectivity index (χ1v) is 8.21. The molecule has 2 rings (SSSR count). The number of morpholine rings is 1. The Balaban J connectivity index is 1.80. The molecule has 1 aliphatic rings. The van der Waals surface area contributed by atoms with E-state index >= 15 is 0 Å². The van der Waals surface area contributed by atoms with Gasteiger partial charge in [0.15, 0.2) is 0 Å². The van der Waals surface area contributed by atoms with E-state index in [9.17, 15) is 9.59 Å². The first kappa shape index (κ1) is 18.2. The van der Waals surface area contributed by atoms with Crippen molar-refractivity contribution in [3.8, 4) is 0 Å². The number of nitrogens with zero attached hydrogens (tertiary/aromatic N) is 1. The van der Waals surface area contributed by atoms with Gasteiger partial charge in [0.25, 0.3) is 5.91 Å². The molecular weight excluding hydrogens is 310 g/mol. The Hall–Kier alpha value is -2.12. The average Bonchev–Trinajstić information content (AvgIpc) is 2.59. The number of carboxylic acids is 1. The predicted molar refractivity (Wildman–Crippen MR) is 91.4 cm³/mol. The summed E-state index contributed by atoms with van der Waals surface area (Å²) in [6.45, 7) is 6.18. The van der Waals surface area contributed by atoms with E-state index in [0.717, 1.165) is 39.3 Å². The summed E-state index contributed by atoms with van der Waals surface area (Å²) in [7, 11) is 0. The molecule has 1 aromatic carbocycles. The molecule has 1 aromatic rings. The van der Waals surface area contributed by atoms with E-state index in [1.54, 1.807) is 24.3 Å². The van der Waals surface area contributed by atoms with Gasteiger partial charge in [-0.1, -0.05) is 6.07 Å². The number of carbonyl (C=O) groups excluding carboxylic acids is 1. The molecule has 1 heterocycles. The molecule has 0 aromatic heterocycles. The van der Waals surface area contributed by atoms with Crippen molar-refractivity contribution in [1.29, 1.82) is 0 Å². The van der Waals surface area contributed by atoms with Crippen LogP contribution in [0.2, 0.25) is 0 Å². The Kier molecular flexibility index (Phi) is 7.02. The van der Waals surface area contributed by atoms with Crippen molar-refractivity contribution in [2.24, 2.45) is 0 Å². The van der Waals surface area contributed by atoms with Gasteiger partial charge in [0.2, 0.25) is 0 Å². The fraction of sp³-hybridized carbons (Fsp3) is 0.529. The molecule has 132 valence electrons. The maximum Gasteiger partial charge on any atom is 0.322 e. The molecule has 1 fully saturated rings. The summed E-state index contributed by atoms with van der Waals surface area (Å²) < 4.78 is 5.32. The first-order chi connectivity index (χ1) is 11.5. The molecule has 7 nitrogen and oxygen atoms in total. The van der Waals surface area contributed by atoms with Gasteiger partial charge in [-0.25, -0.2) is 0 Å². The molecule has 0 spiro atoms. The Morgan fingerprint density at radius 3 is 2.79 bits per heavy atom. The van der Waals surface area contributed by atoms with Crippen molar-refractivity contribution in [3.63, 3.8) is 0 Å². The zero-order valence-corrected chi connectivity index (χ0v) is 14.0. The molecule has 1 saturated heterocycles. The van der Waals surface area contributed by atoms with Crippen LogP contribution < -0.4 is 10.6 Å². The molecule has 0 bridgehead atoms. The maximum atomic E-state index is 12.3. The number of ether oxygens (including phenoxy) is 1.